The number of fused-ring (bicyclic) bond motifs is 1. The first-order chi connectivity index (χ1) is 15.3. The highest BCUT2D eigenvalue weighted by atomic mass is 32.2. The Morgan fingerprint density at radius 2 is 1.81 bits per heavy atom. The molecule has 2 aliphatic heterocycles. The van der Waals surface area contributed by atoms with Crippen LogP contribution in [0.2, 0.25) is 0 Å². The highest BCUT2D eigenvalue weighted by Crippen LogP contribution is 2.35. The van der Waals surface area contributed by atoms with Gasteiger partial charge in [-0.15, -0.1) is 0 Å². The van der Waals surface area contributed by atoms with Crippen molar-refractivity contribution in [3.63, 3.8) is 0 Å². The molecule has 10 heteroatoms. The molecule has 2 aliphatic rings. The average Bonchev–Trinajstić information content (AvgIpc) is 3.19. The Hall–Kier alpha value is -3.27. The summed E-state index contributed by atoms with van der Waals surface area (Å²) in [6, 6.07) is 12.3. The zero-order chi connectivity index (χ0) is 22.9. The van der Waals surface area contributed by atoms with Gasteiger partial charge in [0.1, 0.15) is 18.0 Å². The van der Waals surface area contributed by atoms with Crippen molar-refractivity contribution >= 4 is 33.2 Å². The quantitative estimate of drug-likeness (QED) is 0.636. The van der Waals surface area contributed by atoms with Gasteiger partial charge in [0.15, 0.2) is 9.84 Å². The van der Waals surface area contributed by atoms with Gasteiger partial charge in [-0.2, -0.15) is 0 Å². The Balaban J connectivity index is 1.55. The summed E-state index contributed by atoms with van der Waals surface area (Å²) in [5.41, 5.74) is 1.10. The van der Waals surface area contributed by atoms with Gasteiger partial charge in [0.2, 0.25) is 5.91 Å². The molecule has 0 bridgehead atoms. The minimum Gasteiger partial charge on any atom is -0.497 e. The van der Waals surface area contributed by atoms with E-state index in [-0.39, 0.29) is 24.1 Å². The lowest BCUT2D eigenvalue weighted by atomic mass is 10.1. The molecule has 0 saturated carbocycles. The van der Waals surface area contributed by atoms with Gasteiger partial charge in [0.25, 0.3) is 0 Å². The third kappa shape index (κ3) is 4.36. The predicted octanol–water partition coefficient (Wildman–Crippen LogP) is 2.14. The van der Waals surface area contributed by atoms with Crippen molar-refractivity contribution in [1.82, 2.24) is 4.90 Å². The number of sulfone groups is 1. The number of hydrogen-bond donors (Lipinski definition) is 1. The average molecular weight is 460 g/mol. The van der Waals surface area contributed by atoms with Crippen molar-refractivity contribution in [2.75, 3.05) is 42.0 Å². The summed E-state index contributed by atoms with van der Waals surface area (Å²) in [7, 11) is -1.80. The minimum absolute atomic E-state index is 0.134. The maximum absolute atomic E-state index is 13.3. The fraction of sp³-hybridized carbons (Fsp3) is 0.364. The summed E-state index contributed by atoms with van der Waals surface area (Å²) in [4.78, 5) is 28.8. The number of benzene rings is 2. The van der Waals surface area contributed by atoms with Crippen LogP contribution in [-0.2, 0) is 14.6 Å². The first-order valence-electron chi connectivity index (χ1n) is 10.3. The van der Waals surface area contributed by atoms with E-state index in [4.69, 9.17) is 9.47 Å². The standard InChI is InChI=1S/C22H25N3O6S/c1-3-31-17-9-7-16(8-10-17)25-20-14-32(28,29)13-19(20)24(22(25)27)12-21(26)23-15-5-4-6-18(11-15)30-2/h4-11,19-20H,3,12-14H2,1-2H3,(H,23,26). The minimum atomic E-state index is -3.33. The number of hydrogen-bond acceptors (Lipinski definition) is 6. The van der Waals surface area contributed by atoms with Crippen LogP contribution in [0.3, 0.4) is 0 Å². The summed E-state index contributed by atoms with van der Waals surface area (Å²) in [6.07, 6.45) is 0. The number of amides is 3. The van der Waals surface area contributed by atoms with Crippen LogP contribution in [0.25, 0.3) is 0 Å². The van der Waals surface area contributed by atoms with Gasteiger partial charge in [-0.1, -0.05) is 6.07 Å². The van der Waals surface area contributed by atoms with Gasteiger partial charge < -0.3 is 19.7 Å². The number of carbonyl (C=O) groups excluding carboxylic acids is 2. The molecule has 1 N–H and O–H groups in total. The molecule has 9 nitrogen and oxygen atoms in total. The molecule has 2 aromatic carbocycles. The lowest BCUT2D eigenvalue weighted by Gasteiger charge is -2.22. The highest BCUT2D eigenvalue weighted by Gasteiger charge is 2.54. The van der Waals surface area contributed by atoms with E-state index < -0.39 is 27.8 Å². The molecular formula is C22H25N3O6S. The third-order valence-electron chi connectivity index (χ3n) is 5.57. The van der Waals surface area contributed by atoms with Crippen LogP contribution in [0.1, 0.15) is 6.92 Å². The van der Waals surface area contributed by atoms with Crippen molar-refractivity contribution < 1.29 is 27.5 Å². The zero-order valence-electron chi connectivity index (χ0n) is 17.9. The van der Waals surface area contributed by atoms with Gasteiger partial charge in [0.05, 0.1) is 37.3 Å². The predicted molar refractivity (Wildman–Crippen MR) is 120 cm³/mol. The van der Waals surface area contributed by atoms with Crippen LogP contribution in [-0.4, -0.2) is 69.1 Å². The molecule has 0 radical (unpaired) electrons. The summed E-state index contributed by atoms with van der Waals surface area (Å²) in [6.45, 7) is 2.14. The lowest BCUT2D eigenvalue weighted by Crippen LogP contribution is -2.42. The fourth-order valence-electron chi connectivity index (χ4n) is 4.19. The van der Waals surface area contributed by atoms with Crippen LogP contribution in [0.5, 0.6) is 11.5 Å². The Morgan fingerprint density at radius 1 is 1.09 bits per heavy atom. The number of rotatable bonds is 7. The second-order valence-corrected chi connectivity index (χ2v) is 9.85. The number of nitrogens with zero attached hydrogens (tertiary/aromatic N) is 2. The number of ether oxygens (including phenoxy) is 2. The van der Waals surface area contributed by atoms with Crippen LogP contribution in [0.4, 0.5) is 16.2 Å². The lowest BCUT2D eigenvalue weighted by molar-refractivity contribution is -0.116. The van der Waals surface area contributed by atoms with Gasteiger partial charge in [-0.25, -0.2) is 13.2 Å². The normalized spacial score (nSPS) is 21.4. The molecule has 3 amide bonds. The Morgan fingerprint density at radius 3 is 2.50 bits per heavy atom. The molecule has 0 spiro atoms. The molecule has 170 valence electrons. The van der Waals surface area contributed by atoms with Crippen molar-refractivity contribution in [2.45, 2.75) is 19.0 Å². The molecule has 2 unspecified atom stereocenters. The Kier molecular flexibility index (Phi) is 5.96. The van der Waals surface area contributed by atoms with E-state index in [0.29, 0.717) is 29.5 Å². The third-order valence-corrected chi connectivity index (χ3v) is 7.27. The molecule has 0 aromatic heterocycles. The monoisotopic (exact) mass is 459 g/mol. The Bertz CT molecular complexity index is 1120. The van der Waals surface area contributed by atoms with E-state index in [0.717, 1.165) is 0 Å². The van der Waals surface area contributed by atoms with Crippen LogP contribution < -0.4 is 19.7 Å². The second-order valence-electron chi connectivity index (χ2n) is 7.70. The van der Waals surface area contributed by atoms with Gasteiger partial charge >= 0.3 is 6.03 Å². The van der Waals surface area contributed by atoms with Crippen molar-refractivity contribution in [1.29, 1.82) is 0 Å². The van der Waals surface area contributed by atoms with E-state index >= 15 is 0 Å². The van der Waals surface area contributed by atoms with E-state index in [1.807, 2.05) is 6.92 Å². The van der Waals surface area contributed by atoms with Crippen LogP contribution in [0.15, 0.2) is 48.5 Å². The van der Waals surface area contributed by atoms with Gasteiger partial charge in [-0.05, 0) is 43.3 Å². The van der Waals surface area contributed by atoms with E-state index in [1.54, 1.807) is 48.5 Å². The van der Waals surface area contributed by atoms with Crippen LogP contribution >= 0.6 is 0 Å². The number of methoxy groups -OCH3 is 1. The van der Waals surface area contributed by atoms with Crippen LogP contribution in [0, 0.1) is 0 Å². The molecule has 0 aliphatic carbocycles. The summed E-state index contributed by atoms with van der Waals surface area (Å²) >= 11 is 0. The molecule has 2 atom stereocenters. The number of anilines is 2. The van der Waals surface area contributed by atoms with Crippen molar-refractivity contribution in [3.05, 3.63) is 48.5 Å². The molecule has 4 rings (SSSR count). The molecular weight excluding hydrogens is 434 g/mol. The summed E-state index contributed by atoms with van der Waals surface area (Å²) in [5, 5.41) is 2.74. The molecule has 2 saturated heterocycles. The van der Waals surface area contributed by atoms with Crippen molar-refractivity contribution in [2.24, 2.45) is 0 Å². The van der Waals surface area contributed by atoms with Crippen molar-refractivity contribution in [3.8, 4) is 11.5 Å². The molecule has 2 heterocycles. The summed E-state index contributed by atoms with van der Waals surface area (Å²) in [5.74, 6) is 0.536. The largest absolute Gasteiger partial charge is 0.497 e. The summed E-state index contributed by atoms with van der Waals surface area (Å²) < 4.78 is 35.3. The molecule has 32 heavy (non-hydrogen) atoms. The Labute approximate surface area is 186 Å². The zero-order valence-corrected chi connectivity index (χ0v) is 18.7. The van der Waals surface area contributed by atoms with E-state index in [9.17, 15) is 18.0 Å². The first-order valence-corrected chi connectivity index (χ1v) is 12.1. The van der Waals surface area contributed by atoms with E-state index in [1.165, 1.54) is 16.9 Å². The second kappa shape index (κ2) is 8.70. The number of carbonyl (C=O) groups is 2. The SMILES string of the molecule is CCOc1ccc(N2C(=O)N(CC(=O)Nc3cccc(OC)c3)C3CS(=O)(=O)CC32)cc1. The topological polar surface area (TPSA) is 105 Å². The van der Waals surface area contributed by atoms with Gasteiger partial charge in [-0.3, -0.25) is 9.69 Å². The van der Waals surface area contributed by atoms with Gasteiger partial charge in [0, 0.05) is 17.4 Å². The number of urea groups is 1. The first kappa shape index (κ1) is 21.9. The molecule has 2 fully saturated rings. The fourth-order valence-corrected chi connectivity index (χ4v) is 6.14. The highest BCUT2D eigenvalue weighted by molar-refractivity contribution is 7.91. The molecule has 2 aromatic rings. The number of nitrogens with one attached hydrogen (secondary N) is 1. The van der Waals surface area contributed by atoms with E-state index in [2.05, 4.69) is 5.32 Å². The smallest absolute Gasteiger partial charge is 0.325 e. The maximum atomic E-state index is 13.3. The maximum Gasteiger partial charge on any atom is 0.325 e.